The zero-order valence-electron chi connectivity index (χ0n) is 17.6. The third-order valence-electron chi connectivity index (χ3n) is 4.64. The fourth-order valence-electron chi connectivity index (χ4n) is 3.39. The summed E-state index contributed by atoms with van der Waals surface area (Å²) in [6.07, 6.45) is 0.978. The van der Waals surface area contributed by atoms with Crippen LogP contribution in [-0.2, 0) is 4.74 Å². The molecule has 3 heterocycles. The molecule has 9 heteroatoms. The Morgan fingerprint density at radius 1 is 1.19 bits per heavy atom. The second-order valence-electron chi connectivity index (χ2n) is 7.08. The Kier molecular flexibility index (Phi) is 5.96. The van der Waals surface area contributed by atoms with Crippen LogP contribution < -0.4 is 10.6 Å². The maximum absolute atomic E-state index is 13.6. The van der Waals surface area contributed by atoms with Crippen molar-refractivity contribution in [3.8, 4) is 11.3 Å². The van der Waals surface area contributed by atoms with Crippen molar-refractivity contribution in [2.24, 2.45) is 0 Å². The van der Waals surface area contributed by atoms with Gasteiger partial charge in [0.05, 0.1) is 17.0 Å². The number of carbonyl (C=O) groups excluding carboxylic acids is 1. The van der Waals surface area contributed by atoms with E-state index in [1.165, 1.54) is 18.2 Å². The summed E-state index contributed by atoms with van der Waals surface area (Å²) in [5.74, 6) is -0.398. The smallest absolute Gasteiger partial charge is 0.414 e. The first-order chi connectivity index (χ1) is 15.4. The van der Waals surface area contributed by atoms with Crippen LogP contribution in [0, 0.1) is 19.7 Å². The Morgan fingerprint density at radius 3 is 2.62 bits per heavy atom. The van der Waals surface area contributed by atoms with Gasteiger partial charge >= 0.3 is 6.09 Å². The number of amides is 1. The predicted molar refractivity (Wildman–Crippen MR) is 122 cm³/mol. The molecule has 0 aliphatic rings. The summed E-state index contributed by atoms with van der Waals surface area (Å²) in [6.45, 7) is 5.70. The minimum atomic E-state index is -0.670. The number of halogens is 2. The molecule has 0 bridgehead atoms. The van der Waals surface area contributed by atoms with E-state index in [4.69, 9.17) is 20.8 Å². The van der Waals surface area contributed by atoms with Crippen molar-refractivity contribution in [1.29, 1.82) is 0 Å². The van der Waals surface area contributed by atoms with Gasteiger partial charge in [-0.05, 0) is 57.2 Å². The molecule has 0 spiro atoms. The number of anilines is 3. The van der Waals surface area contributed by atoms with E-state index < -0.39 is 11.9 Å². The lowest BCUT2D eigenvalue weighted by atomic mass is 10.1. The van der Waals surface area contributed by atoms with E-state index in [-0.39, 0.29) is 17.5 Å². The van der Waals surface area contributed by atoms with Gasteiger partial charge < -0.3 is 14.5 Å². The highest BCUT2D eigenvalue weighted by Crippen LogP contribution is 2.41. The molecule has 7 nitrogen and oxygen atoms in total. The van der Waals surface area contributed by atoms with Crippen LogP contribution in [0.4, 0.5) is 26.4 Å². The van der Waals surface area contributed by atoms with Gasteiger partial charge in [0.2, 0.25) is 5.88 Å². The number of benzene rings is 1. The molecule has 3 aromatic heterocycles. The molecule has 0 fully saturated rings. The molecule has 164 valence electrons. The van der Waals surface area contributed by atoms with Gasteiger partial charge in [0, 0.05) is 28.8 Å². The van der Waals surface area contributed by atoms with Crippen molar-refractivity contribution in [2.45, 2.75) is 20.8 Å². The lowest BCUT2D eigenvalue weighted by molar-refractivity contribution is 0.167. The number of pyridine rings is 2. The van der Waals surface area contributed by atoms with Gasteiger partial charge in [-0.3, -0.25) is 15.3 Å². The highest BCUT2D eigenvalue weighted by atomic mass is 35.5. The van der Waals surface area contributed by atoms with Crippen molar-refractivity contribution in [3.05, 3.63) is 64.8 Å². The van der Waals surface area contributed by atoms with Crippen molar-refractivity contribution in [2.75, 3.05) is 17.2 Å². The number of hydrogen-bond acceptors (Lipinski definition) is 6. The third kappa shape index (κ3) is 4.36. The second-order valence-corrected chi connectivity index (χ2v) is 7.49. The first-order valence-electron chi connectivity index (χ1n) is 9.88. The fourth-order valence-corrected chi connectivity index (χ4v) is 3.57. The van der Waals surface area contributed by atoms with Crippen LogP contribution in [0.2, 0.25) is 5.02 Å². The SMILES string of the molecule is CCOC(=O)Nc1oc2c(-c3cc(C)nc(C)c3)nccc2c1Nc1ccc(F)c(Cl)c1. The second kappa shape index (κ2) is 8.84. The minimum absolute atomic E-state index is 0.0344. The largest absolute Gasteiger partial charge is 0.450 e. The Labute approximate surface area is 188 Å². The summed E-state index contributed by atoms with van der Waals surface area (Å²) >= 11 is 5.93. The van der Waals surface area contributed by atoms with E-state index in [2.05, 4.69) is 20.6 Å². The molecular weight excluding hydrogens is 435 g/mol. The molecular formula is C23H20ClFN4O3. The van der Waals surface area contributed by atoms with Crippen molar-refractivity contribution >= 4 is 45.9 Å². The normalized spacial score (nSPS) is 10.9. The van der Waals surface area contributed by atoms with Gasteiger partial charge in [-0.25, -0.2) is 9.18 Å². The standard InChI is InChI=1S/C23H20ClFN4O3/c1-4-31-23(30)29-22-20(28-15-5-6-18(25)17(24)11-15)16-7-8-26-19(21(16)32-22)14-9-12(2)27-13(3)10-14/h5-11,28H,4H2,1-3H3,(H,29,30). The number of furan rings is 1. The Bertz CT molecular complexity index is 1300. The highest BCUT2D eigenvalue weighted by Gasteiger charge is 2.21. The molecule has 0 saturated heterocycles. The average molecular weight is 455 g/mol. The van der Waals surface area contributed by atoms with Crippen molar-refractivity contribution in [3.63, 3.8) is 0 Å². The lowest BCUT2D eigenvalue weighted by Gasteiger charge is -2.09. The summed E-state index contributed by atoms with van der Waals surface area (Å²) < 4.78 is 24.6. The summed E-state index contributed by atoms with van der Waals surface area (Å²) in [7, 11) is 0. The van der Waals surface area contributed by atoms with Gasteiger partial charge in [0.25, 0.3) is 0 Å². The Hall–Kier alpha value is -3.65. The van der Waals surface area contributed by atoms with E-state index in [0.29, 0.717) is 28.0 Å². The Morgan fingerprint density at radius 2 is 1.94 bits per heavy atom. The zero-order chi connectivity index (χ0) is 22.8. The number of ether oxygens (including phenoxy) is 1. The first kappa shape index (κ1) is 21.6. The molecule has 4 aromatic rings. The Balaban J connectivity index is 1.87. The fraction of sp³-hybridized carbons (Fsp3) is 0.174. The van der Waals surface area contributed by atoms with E-state index in [1.807, 2.05) is 26.0 Å². The quantitative estimate of drug-likeness (QED) is 0.352. The molecule has 0 aliphatic heterocycles. The van der Waals surface area contributed by atoms with Gasteiger partial charge in [0.15, 0.2) is 5.58 Å². The number of nitrogens with one attached hydrogen (secondary N) is 2. The number of rotatable bonds is 5. The van der Waals surface area contributed by atoms with Gasteiger partial charge in [-0.1, -0.05) is 11.6 Å². The molecule has 4 rings (SSSR count). The van der Waals surface area contributed by atoms with Crippen LogP contribution in [0.25, 0.3) is 22.2 Å². The van der Waals surface area contributed by atoms with E-state index in [9.17, 15) is 9.18 Å². The third-order valence-corrected chi connectivity index (χ3v) is 4.93. The summed E-state index contributed by atoms with van der Waals surface area (Å²) in [5, 5.41) is 6.40. The predicted octanol–water partition coefficient (Wildman–Crippen LogP) is 6.61. The minimum Gasteiger partial charge on any atom is -0.450 e. The molecule has 0 atom stereocenters. The number of carbonyl (C=O) groups is 1. The van der Waals surface area contributed by atoms with Gasteiger partial charge in [0.1, 0.15) is 17.2 Å². The highest BCUT2D eigenvalue weighted by molar-refractivity contribution is 6.31. The van der Waals surface area contributed by atoms with Crippen LogP contribution >= 0.6 is 11.6 Å². The maximum atomic E-state index is 13.6. The number of aryl methyl sites for hydroxylation is 2. The summed E-state index contributed by atoms with van der Waals surface area (Å²) in [5.41, 5.74) is 4.53. The number of fused-ring (bicyclic) bond motifs is 1. The van der Waals surface area contributed by atoms with Crippen LogP contribution in [0.15, 0.2) is 47.0 Å². The molecule has 0 unspecified atom stereocenters. The first-order valence-corrected chi connectivity index (χ1v) is 10.3. The van der Waals surface area contributed by atoms with E-state index in [1.54, 1.807) is 19.2 Å². The molecule has 2 N–H and O–H groups in total. The molecule has 0 aliphatic carbocycles. The van der Waals surface area contributed by atoms with E-state index >= 15 is 0 Å². The zero-order valence-corrected chi connectivity index (χ0v) is 18.4. The van der Waals surface area contributed by atoms with Crippen LogP contribution in [0.1, 0.15) is 18.3 Å². The van der Waals surface area contributed by atoms with Crippen LogP contribution in [0.3, 0.4) is 0 Å². The monoisotopic (exact) mass is 454 g/mol. The summed E-state index contributed by atoms with van der Waals surface area (Å²) in [6, 6.07) is 9.80. The average Bonchev–Trinajstić information content (AvgIpc) is 3.07. The topological polar surface area (TPSA) is 89.3 Å². The number of hydrogen-bond donors (Lipinski definition) is 2. The molecule has 32 heavy (non-hydrogen) atoms. The molecule has 1 amide bonds. The maximum Gasteiger partial charge on any atom is 0.414 e. The van der Waals surface area contributed by atoms with Crippen molar-refractivity contribution < 1.29 is 18.3 Å². The van der Waals surface area contributed by atoms with Crippen molar-refractivity contribution in [1.82, 2.24) is 9.97 Å². The molecule has 0 radical (unpaired) electrons. The molecule has 1 aromatic carbocycles. The number of nitrogens with zero attached hydrogens (tertiary/aromatic N) is 2. The van der Waals surface area contributed by atoms with E-state index in [0.717, 1.165) is 17.0 Å². The van der Waals surface area contributed by atoms with Gasteiger partial charge in [-0.2, -0.15) is 0 Å². The van der Waals surface area contributed by atoms with Gasteiger partial charge in [-0.15, -0.1) is 0 Å². The van der Waals surface area contributed by atoms with Crippen LogP contribution in [0.5, 0.6) is 0 Å². The number of aromatic nitrogens is 2. The lowest BCUT2D eigenvalue weighted by Crippen LogP contribution is -2.13. The molecule has 0 saturated carbocycles. The summed E-state index contributed by atoms with van der Waals surface area (Å²) in [4.78, 5) is 21.0. The van der Waals surface area contributed by atoms with Crippen LogP contribution in [-0.4, -0.2) is 22.7 Å².